The highest BCUT2D eigenvalue weighted by Crippen LogP contribution is 2.39. The normalized spacial score (nSPS) is 18.0. The van der Waals surface area contributed by atoms with Crippen LogP contribution in [0.5, 0.6) is 0 Å². The minimum atomic E-state index is 0.234. The number of nitrogens with two attached hydrogens (primary N) is 2. The Kier molecular flexibility index (Phi) is 2.21. The fraction of sp³-hybridized carbons (Fsp3) is 0.231. The Bertz CT molecular complexity index is 565. The first-order valence-corrected chi connectivity index (χ1v) is 5.71. The van der Waals surface area contributed by atoms with Gasteiger partial charge in [0.15, 0.2) is 0 Å². The number of hydrogen-bond donors (Lipinski definition) is 2. The van der Waals surface area contributed by atoms with E-state index in [9.17, 15) is 0 Å². The van der Waals surface area contributed by atoms with E-state index < -0.39 is 0 Å². The molecular weight excluding hydrogens is 212 g/mol. The molecule has 0 fully saturated rings. The summed E-state index contributed by atoms with van der Waals surface area (Å²) in [4.78, 5) is 8.08. The van der Waals surface area contributed by atoms with Gasteiger partial charge in [-0.3, -0.25) is 0 Å². The van der Waals surface area contributed by atoms with Crippen molar-refractivity contribution in [3.63, 3.8) is 0 Å². The summed E-state index contributed by atoms with van der Waals surface area (Å²) in [7, 11) is 0. The molecule has 86 valence electrons. The smallest absolute Gasteiger partial charge is 0.221 e. The van der Waals surface area contributed by atoms with Gasteiger partial charge in [-0.1, -0.05) is 24.3 Å². The summed E-state index contributed by atoms with van der Waals surface area (Å²) in [6.45, 7) is 0. The molecule has 17 heavy (non-hydrogen) atoms. The molecule has 4 nitrogen and oxygen atoms in total. The van der Waals surface area contributed by atoms with Crippen molar-refractivity contribution in [2.75, 3.05) is 11.5 Å². The molecule has 0 aliphatic heterocycles. The topological polar surface area (TPSA) is 77.8 Å². The lowest BCUT2D eigenvalue weighted by Gasteiger charge is -2.13. The number of fused-ring (bicyclic) bond motifs is 1. The van der Waals surface area contributed by atoms with Crippen LogP contribution in [0.2, 0.25) is 0 Å². The van der Waals surface area contributed by atoms with Crippen molar-refractivity contribution >= 4 is 11.8 Å². The fourth-order valence-electron chi connectivity index (χ4n) is 2.57. The molecule has 1 aromatic carbocycles. The molecule has 0 amide bonds. The molecule has 1 aliphatic rings. The van der Waals surface area contributed by atoms with E-state index in [4.69, 9.17) is 11.5 Å². The van der Waals surface area contributed by atoms with Crippen LogP contribution in [0.15, 0.2) is 30.5 Å². The number of aromatic nitrogens is 2. The number of anilines is 2. The quantitative estimate of drug-likeness (QED) is 0.776. The second kappa shape index (κ2) is 3.73. The zero-order valence-electron chi connectivity index (χ0n) is 9.43. The summed E-state index contributed by atoms with van der Waals surface area (Å²) in [6.07, 6.45) is 3.91. The molecule has 1 unspecified atom stereocenters. The Balaban J connectivity index is 2.07. The van der Waals surface area contributed by atoms with E-state index in [2.05, 4.69) is 34.2 Å². The van der Waals surface area contributed by atoms with Gasteiger partial charge in [0.2, 0.25) is 5.95 Å². The summed E-state index contributed by atoms with van der Waals surface area (Å²) < 4.78 is 0. The fourth-order valence-corrected chi connectivity index (χ4v) is 2.57. The van der Waals surface area contributed by atoms with E-state index in [-0.39, 0.29) is 5.95 Å². The largest absolute Gasteiger partial charge is 0.383 e. The van der Waals surface area contributed by atoms with Crippen molar-refractivity contribution in [2.45, 2.75) is 18.8 Å². The first-order chi connectivity index (χ1) is 8.25. The molecule has 1 aliphatic carbocycles. The standard InChI is InChI=1S/C13H14N4/c14-12-11(7-16-13(15)17-12)10-6-5-8-3-1-2-4-9(8)10/h1-4,7,10H,5-6H2,(H4,14,15,16,17). The molecule has 1 heterocycles. The van der Waals surface area contributed by atoms with Gasteiger partial charge in [-0.25, -0.2) is 4.98 Å². The number of nitrogen functional groups attached to an aromatic ring is 2. The Morgan fingerprint density at radius 3 is 2.76 bits per heavy atom. The minimum Gasteiger partial charge on any atom is -0.383 e. The molecule has 4 heteroatoms. The van der Waals surface area contributed by atoms with Crippen LogP contribution in [0.4, 0.5) is 11.8 Å². The maximum atomic E-state index is 5.93. The third-order valence-corrected chi connectivity index (χ3v) is 3.37. The number of nitrogens with zero attached hydrogens (tertiary/aromatic N) is 2. The van der Waals surface area contributed by atoms with E-state index in [1.54, 1.807) is 6.20 Å². The van der Waals surface area contributed by atoms with Gasteiger partial charge in [0.1, 0.15) is 5.82 Å². The van der Waals surface area contributed by atoms with Crippen molar-refractivity contribution < 1.29 is 0 Å². The summed E-state index contributed by atoms with van der Waals surface area (Å²) in [5.74, 6) is 1.04. The molecule has 0 spiro atoms. The average Bonchev–Trinajstić information content (AvgIpc) is 2.73. The molecule has 0 saturated heterocycles. The Morgan fingerprint density at radius 2 is 1.94 bits per heavy atom. The van der Waals surface area contributed by atoms with E-state index in [1.165, 1.54) is 11.1 Å². The van der Waals surface area contributed by atoms with Gasteiger partial charge >= 0.3 is 0 Å². The van der Waals surface area contributed by atoms with Crippen LogP contribution < -0.4 is 11.5 Å². The van der Waals surface area contributed by atoms with Crippen LogP contribution in [-0.2, 0) is 6.42 Å². The second-order valence-corrected chi connectivity index (χ2v) is 4.36. The van der Waals surface area contributed by atoms with Gasteiger partial charge in [0.05, 0.1) is 0 Å². The lowest BCUT2D eigenvalue weighted by molar-refractivity contribution is 0.781. The monoisotopic (exact) mass is 226 g/mol. The van der Waals surface area contributed by atoms with Crippen LogP contribution in [0.25, 0.3) is 0 Å². The highest BCUT2D eigenvalue weighted by Gasteiger charge is 2.25. The molecule has 1 atom stereocenters. The third kappa shape index (κ3) is 1.62. The molecule has 0 bridgehead atoms. The van der Waals surface area contributed by atoms with Crippen molar-refractivity contribution in [1.82, 2.24) is 9.97 Å². The van der Waals surface area contributed by atoms with Crippen LogP contribution in [0.3, 0.4) is 0 Å². The highest BCUT2D eigenvalue weighted by molar-refractivity contribution is 5.50. The molecule has 4 N–H and O–H groups in total. The number of hydrogen-bond acceptors (Lipinski definition) is 4. The van der Waals surface area contributed by atoms with Crippen LogP contribution in [0, 0.1) is 0 Å². The van der Waals surface area contributed by atoms with Crippen LogP contribution in [-0.4, -0.2) is 9.97 Å². The number of benzene rings is 1. The van der Waals surface area contributed by atoms with Crippen LogP contribution in [0.1, 0.15) is 29.0 Å². The van der Waals surface area contributed by atoms with Crippen LogP contribution >= 0.6 is 0 Å². The SMILES string of the molecule is Nc1ncc(C2CCc3ccccc32)c(N)n1. The average molecular weight is 226 g/mol. The lowest BCUT2D eigenvalue weighted by atomic mass is 9.94. The lowest BCUT2D eigenvalue weighted by Crippen LogP contribution is -2.07. The van der Waals surface area contributed by atoms with E-state index in [0.29, 0.717) is 11.7 Å². The Labute approximate surface area is 99.7 Å². The van der Waals surface area contributed by atoms with Gasteiger partial charge in [-0.15, -0.1) is 0 Å². The minimum absolute atomic E-state index is 0.234. The Hall–Kier alpha value is -2.10. The Morgan fingerprint density at radius 1 is 1.12 bits per heavy atom. The summed E-state index contributed by atoms with van der Waals surface area (Å²) in [6, 6.07) is 8.46. The van der Waals surface area contributed by atoms with E-state index in [0.717, 1.165) is 18.4 Å². The first-order valence-electron chi connectivity index (χ1n) is 5.71. The van der Waals surface area contributed by atoms with Crippen molar-refractivity contribution in [2.24, 2.45) is 0 Å². The van der Waals surface area contributed by atoms with E-state index >= 15 is 0 Å². The molecule has 1 aromatic heterocycles. The van der Waals surface area contributed by atoms with Crippen molar-refractivity contribution in [3.05, 3.63) is 47.2 Å². The number of rotatable bonds is 1. The predicted octanol–water partition coefficient (Wildman–Crippen LogP) is 1.72. The maximum absolute atomic E-state index is 5.93. The second-order valence-electron chi connectivity index (χ2n) is 4.36. The maximum Gasteiger partial charge on any atom is 0.221 e. The number of aryl methyl sites for hydroxylation is 1. The molecule has 0 saturated carbocycles. The summed E-state index contributed by atoms with van der Waals surface area (Å²) in [5.41, 5.74) is 15.2. The molecular formula is C13H14N4. The summed E-state index contributed by atoms with van der Waals surface area (Å²) >= 11 is 0. The highest BCUT2D eigenvalue weighted by atomic mass is 15.0. The third-order valence-electron chi connectivity index (χ3n) is 3.37. The first kappa shape index (κ1) is 10.1. The molecule has 2 aromatic rings. The van der Waals surface area contributed by atoms with Gasteiger partial charge in [-0.05, 0) is 24.0 Å². The van der Waals surface area contributed by atoms with Gasteiger partial charge in [-0.2, -0.15) is 4.98 Å². The van der Waals surface area contributed by atoms with E-state index in [1.807, 2.05) is 0 Å². The summed E-state index contributed by atoms with van der Waals surface area (Å²) in [5, 5.41) is 0. The zero-order valence-corrected chi connectivity index (χ0v) is 9.43. The van der Waals surface area contributed by atoms with Gasteiger partial charge in [0.25, 0.3) is 0 Å². The van der Waals surface area contributed by atoms with Gasteiger partial charge < -0.3 is 11.5 Å². The molecule has 3 rings (SSSR count). The zero-order chi connectivity index (χ0) is 11.8. The molecule has 0 radical (unpaired) electrons. The van der Waals surface area contributed by atoms with Crippen molar-refractivity contribution in [1.29, 1.82) is 0 Å². The van der Waals surface area contributed by atoms with Crippen molar-refractivity contribution in [3.8, 4) is 0 Å². The van der Waals surface area contributed by atoms with Gasteiger partial charge in [0, 0.05) is 17.7 Å². The predicted molar refractivity (Wildman–Crippen MR) is 67.5 cm³/mol.